The maximum atomic E-state index is 12.4. The van der Waals surface area contributed by atoms with Crippen LogP contribution in [0, 0.1) is 6.92 Å². The van der Waals surface area contributed by atoms with Crippen LogP contribution in [0.2, 0.25) is 0 Å². The summed E-state index contributed by atoms with van der Waals surface area (Å²) in [4.78, 5) is 27.1. The summed E-state index contributed by atoms with van der Waals surface area (Å²) in [5, 5.41) is 0. The summed E-state index contributed by atoms with van der Waals surface area (Å²) in [5.41, 5.74) is 2.83. The Balaban J connectivity index is 1.84. The fraction of sp³-hybridized carbons (Fsp3) is 0.222. The maximum absolute atomic E-state index is 12.4. The van der Waals surface area contributed by atoms with Crippen LogP contribution in [-0.2, 0) is 4.79 Å². The van der Waals surface area contributed by atoms with Crippen LogP contribution in [-0.4, -0.2) is 17.6 Å². The number of hydrogen-bond donors (Lipinski definition) is 1. The summed E-state index contributed by atoms with van der Waals surface area (Å²) in [7, 11) is 0. The molecule has 23 heavy (non-hydrogen) atoms. The number of carbonyl (C=O) groups is 1. The van der Waals surface area contributed by atoms with Gasteiger partial charge in [0, 0.05) is 23.2 Å². The molecule has 1 aromatic heterocycles. The fourth-order valence-electron chi connectivity index (χ4n) is 3.17. The van der Waals surface area contributed by atoms with Crippen LogP contribution in [0.1, 0.15) is 29.2 Å². The normalized spacial score (nSPS) is 19.1. The first kappa shape index (κ1) is 13.8. The van der Waals surface area contributed by atoms with Gasteiger partial charge in [-0.05, 0) is 24.6 Å². The standard InChI is InChI=1S/C18H15NO4/c1-10-6-15-17(18(21)19-10)13(8-16(20)23-15)12-7-11-4-2-3-5-14(11)22-9-12/h2-7,13H,8-9H2,1H3,(H,19,21)/t13-/m0/s1. The lowest BCUT2D eigenvalue weighted by Crippen LogP contribution is -2.30. The van der Waals surface area contributed by atoms with E-state index in [1.165, 1.54) is 0 Å². The van der Waals surface area contributed by atoms with Crippen molar-refractivity contribution in [1.29, 1.82) is 0 Å². The number of rotatable bonds is 1. The molecule has 5 heteroatoms. The van der Waals surface area contributed by atoms with Crippen LogP contribution in [0.15, 0.2) is 40.7 Å². The largest absolute Gasteiger partial charge is 0.489 e. The highest BCUT2D eigenvalue weighted by atomic mass is 16.5. The summed E-state index contributed by atoms with van der Waals surface area (Å²) in [6.07, 6.45) is 2.15. The predicted molar refractivity (Wildman–Crippen MR) is 84.7 cm³/mol. The van der Waals surface area contributed by atoms with E-state index >= 15 is 0 Å². The first-order valence-electron chi connectivity index (χ1n) is 7.48. The molecule has 0 aliphatic carbocycles. The zero-order valence-corrected chi connectivity index (χ0v) is 12.6. The van der Waals surface area contributed by atoms with E-state index in [-0.39, 0.29) is 23.9 Å². The summed E-state index contributed by atoms with van der Waals surface area (Å²) >= 11 is 0. The molecule has 116 valence electrons. The Bertz CT molecular complexity index is 894. The number of ether oxygens (including phenoxy) is 2. The Morgan fingerprint density at radius 3 is 2.87 bits per heavy atom. The average Bonchev–Trinajstić information content (AvgIpc) is 2.53. The van der Waals surface area contributed by atoms with Crippen molar-refractivity contribution in [2.45, 2.75) is 19.3 Å². The molecule has 0 saturated carbocycles. The van der Waals surface area contributed by atoms with Crippen molar-refractivity contribution in [3.8, 4) is 11.5 Å². The number of carbonyl (C=O) groups excluding carboxylic acids is 1. The molecule has 3 heterocycles. The molecule has 1 aromatic carbocycles. The van der Waals surface area contributed by atoms with Crippen LogP contribution >= 0.6 is 0 Å². The van der Waals surface area contributed by atoms with Crippen molar-refractivity contribution in [1.82, 2.24) is 4.98 Å². The Hall–Kier alpha value is -2.82. The van der Waals surface area contributed by atoms with Crippen molar-refractivity contribution < 1.29 is 14.3 Å². The van der Waals surface area contributed by atoms with Gasteiger partial charge < -0.3 is 14.5 Å². The SMILES string of the molecule is Cc1cc2c(c(=O)[nH]1)[C@H](C1=Cc3ccccc3OC1)CC(=O)O2. The number of aromatic amines is 1. The minimum atomic E-state index is -0.327. The second kappa shape index (κ2) is 5.12. The number of H-pyrrole nitrogens is 1. The van der Waals surface area contributed by atoms with Gasteiger partial charge in [0.1, 0.15) is 18.1 Å². The quantitative estimate of drug-likeness (QED) is 0.822. The van der Waals surface area contributed by atoms with Crippen molar-refractivity contribution in [3.63, 3.8) is 0 Å². The number of hydrogen-bond acceptors (Lipinski definition) is 4. The molecular weight excluding hydrogens is 294 g/mol. The van der Waals surface area contributed by atoms with Crippen LogP contribution in [0.3, 0.4) is 0 Å². The second-order valence-corrected chi connectivity index (χ2v) is 5.84. The number of aryl methyl sites for hydroxylation is 1. The first-order valence-corrected chi connectivity index (χ1v) is 7.48. The molecule has 2 aliphatic rings. The topological polar surface area (TPSA) is 68.4 Å². The van der Waals surface area contributed by atoms with E-state index in [0.29, 0.717) is 23.6 Å². The van der Waals surface area contributed by atoms with E-state index in [2.05, 4.69) is 4.98 Å². The van der Waals surface area contributed by atoms with E-state index in [4.69, 9.17) is 9.47 Å². The van der Waals surface area contributed by atoms with E-state index in [1.54, 1.807) is 13.0 Å². The Morgan fingerprint density at radius 2 is 2.00 bits per heavy atom. The monoisotopic (exact) mass is 309 g/mol. The molecular formula is C18H15NO4. The third-order valence-electron chi connectivity index (χ3n) is 4.21. The van der Waals surface area contributed by atoms with Gasteiger partial charge in [-0.25, -0.2) is 0 Å². The lowest BCUT2D eigenvalue weighted by Gasteiger charge is -2.28. The summed E-state index contributed by atoms with van der Waals surface area (Å²) in [5.74, 6) is 0.524. The van der Waals surface area contributed by atoms with Crippen LogP contribution < -0.4 is 15.0 Å². The lowest BCUT2D eigenvalue weighted by molar-refractivity contribution is -0.135. The highest BCUT2D eigenvalue weighted by Crippen LogP contribution is 2.39. The van der Waals surface area contributed by atoms with Crippen LogP contribution in [0.5, 0.6) is 11.5 Å². The molecule has 0 radical (unpaired) electrons. The van der Waals surface area contributed by atoms with Gasteiger partial charge in [-0.2, -0.15) is 0 Å². The Kier molecular flexibility index (Phi) is 3.08. The first-order chi connectivity index (χ1) is 11.1. The minimum Gasteiger partial charge on any atom is -0.489 e. The number of pyridine rings is 1. The third-order valence-corrected chi connectivity index (χ3v) is 4.21. The molecule has 2 aliphatic heterocycles. The van der Waals surface area contributed by atoms with Gasteiger partial charge in [-0.15, -0.1) is 0 Å². The van der Waals surface area contributed by atoms with Crippen molar-refractivity contribution in [2.24, 2.45) is 0 Å². The van der Waals surface area contributed by atoms with Crippen molar-refractivity contribution >= 4 is 12.0 Å². The number of benzene rings is 1. The van der Waals surface area contributed by atoms with Gasteiger partial charge in [-0.3, -0.25) is 9.59 Å². The van der Waals surface area contributed by atoms with E-state index in [1.807, 2.05) is 30.3 Å². The number of fused-ring (bicyclic) bond motifs is 2. The molecule has 4 rings (SSSR count). The molecule has 0 amide bonds. The van der Waals surface area contributed by atoms with Gasteiger partial charge in [-0.1, -0.05) is 18.2 Å². The maximum Gasteiger partial charge on any atom is 0.312 e. The molecule has 1 N–H and O–H groups in total. The average molecular weight is 309 g/mol. The van der Waals surface area contributed by atoms with Gasteiger partial charge in [0.2, 0.25) is 0 Å². The van der Waals surface area contributed by atoms with E-state index < -0.39 is 0 Å². The highest BCUT2D eigenvalue weighted by Gasteiger charge is 2.33. The van der Waals surface area contributed by atoms with Gasteiger partial charge in [0.25, 0.3) is 5.56 Å². The summed E-state index contributed by atoms with van der Waals surface area (Å²) < 4.78 is 11.0. The minimum absolute atomic E-state index is 0.149. The van der Waals surface area contributed by atoms with Gasteiger partial charge in [0.15, 0.2) is 0 Å². The smallest absolute Gasteiger partial charge is 0.312 e. The Labute approximate surface area is 132 Å². The number of para-hydroxylation sites is 1. The fourth-order valence-corrected chi connectivity index (χ4v) is 3.17. The molecule has 0 spiro atoms. The van der Waals surface area contributed by atoms with Crippen molar-refractivity contribution in [2.75, 3.05) is 6.61 Å². The number of esters is 1. The van der Waals surface area contributed by atoms with Crippen LogP contribution in [0.25, 0.3) is 6.08 Å². The summed E-state index contributed by atoms with van der Waals surface area (Å²) in [6, 6.07) is 9.40. The second-order valence-electron chi connectivity index (χ2n) is 5.84. The van der Waals surface area contributed by atoms with Gasteiger partial charge >= 0.3 is 5.97 Å². The van der Waals surface area contributed by atoms with E-state index in [9.17, 15) is 9.59 Å². The molecule has 0 saturated heterocycles. The zero-order chi connectivity index (χ0) is 16.0. The number of aromatic nitrogens is 1. The number of nitrogens with one attached hydrogen (secondary N) is 1. The molecule has 0 bridgehead atoms. The molecule has 1 atom stereocenters. The van der Waals surface area contributed by atoms with Crippen LogP contribution in [0.4, 0.5) is 0 Å². The van der Waals surface area contributed by atoms with E-state index in [0.717, 1.165) is 16.9 Å². The zero-order valence-electron chi connectivity index (χ0n) is 12.6. The predicted octanol–water partition coefficient (Wildman–Crippen LogP) is 2.55. The summed E-state index contributed by atoms with van der Waals surface area (Å²) in [6.45, 7) is 2.13. The lowest BCUT2D eigenvalue weighted by atomic mass is 9.85. The van der Waals surface area contributed by atoms with Gasteiger partial charge in [0.05, 0.1) is 12.0 Å². The third kappa shape index (κ3) is 2.34. The Morgan fingerprint density at radius 1 is 1.17 bits per heavy atom. The molecule has 2 aromatic rings. The highest BCUT2D eigenvalue weighted by molar-refractivity contribution is 5.78. The van der Waals surface area contributed by atoms with Crippen molar-refractivity contribution in [3.05, 3.63) is 63.1 Å². The molecule has 0 unspecified atom stereocenters. The molecule has 5 nitrogen and oxygen atoms in total. The molecule has 0 fully saturated rings.